The SMILES string of the molecule is Cc1oc(-n2cccc2)c(C#N)c1C(=O)O[C@H](C)C(=O)Nc1ccc(F)cc1F. The number of nitrogens with zero attached hydrogens (tertiary/aromatic N) is 2. The standard InChI is InChI=1S/C20H15F2N3O4/c1-11-17(14(10-23)19(28-11)25-7-3-4-8-25)20(27)29-12(2)18(26)24-16-6-5-13(21)9-15(16)22/h3-9,12H,1-2H3,(H,24,26)/t12-/m1/s1. The van der Waals surface area contributed by atoms with Crippen LogP contribution in [0.4, 0.5) is 14.5 Å². The van der Waals surface area contributed by atoms with Crippen molar-refractivity contribution in [1.82, 2.24) is 4.57 Å². The number of furan rings is 1. The molecular formula is C20H15F2N3O4. The molecule has 0 fully saturated rings. The van der Waals surface area contributed by atoms with E-state index in [2.05, 4.69) is 5.32 Å². The first-order valence-corrected chi connectivity index (χ1v) is 8.45. The Bertz CT molecular complexity index is 1110. The molecule has 29 heavy (non-hydrogen) atoms. The summed E-state index contributed by atoms with van der Waals surface area (Å²) in [6, 6.07) is 7.99. The Morgan fingerprint density at radius 2 is 1.97 bits per heavy atom. The molecule has 0 bridgehead atoms. The van der Waals surface area contributed by atoms with Gasteiger partial charge in [0.25, 0.3) is 5.91 Å². The third kappa shape index (κ3) is 4.01. The summed E-state index contributed by atoms with van der Waals surface area (Å²) in [6.45, 7) is 2.77. The second-order valence-corrected chi connectivity index (χ2v) is 6.08. The number of benzene rings is 1. The van der Waals surface area contributed by atoms with Crippen LogP contribution < -0.4 is 5.32 Å². The quantitative estimate of drug-likeness (QED) is 0.660. The molecule has 3 rings (SSSR count). The van der Waals surface area contributed by atoms with Gasteiger partial charge in [-0.3, -0.25) is 9.36 Å². The normalized spacial score (nSPS) is 11.6. The highest BCUT2D eigenvalue weighted by Crippen LogP contribution is 2.26. The zero-order valence-electron chi connectivity index (χ0n) is 15.4. The topological polar surface area (TPSA) is 97.3 Å². The lowest BCUT2D eigenvalue weighted by molar-refractivity contribution is -0.123. The van der Waals surface area contributed by atoms with E-state index in [1.54, 1.807) is 24.5 Å². The maximum Gasteiger partial charge on any atom is 0.343 e. The summed E-state index contributed by atoms with van der Waals surface area (Å²) in [5.74, 6) is -3.24. The molecule has 0 saturated heterocycles. The third-order valence-electron chi connectivity index (χ3n) is 4.06. The summed E-state index contributed by atoms with van der Waals surface area (Å²) in [6.07, 6.45) is 1.96. The minimum Gasteiger partial charge on any atom is -0.449 e. The highest BCUT2D eigenvalue weighted by atomic mass is 19.1. The number of aryl methyl sites for hydroxylation is 1. The number of esters is 1. The average Bonchev–Trinajstić information content (AvgIpc) is 3.30. The Morgan fingerprint density at radius 1 is 1.28 bits per heavy atom. The predicted octanol–water partition coefficient (Wildman–Crippen LogP) is 3.71. The fourth-order valence-electron chi connectivity index (χ4n) is 2.63. The van der Waals surface area contributed by atoms with Crippen LogP contribution in [0.25, 0.3) is 5.88 Å². The van der Waals surface area contributed by atoms with Crippen molar-refractivity contribution < 1.29 is 27.5 Å². The number of anilines is 1. The smallest absolute Gasteiger partial charge is 0.343 e. The molecule has 0 saturated carbocycles. The van der Waals surface area contributed by atoms with E-state index in [0.717, 1.165) is 12.1 Å². The minimum absolute atomic E-state index is 0.0408. The van der Waals surface area contributed by atoms with E-state index in [-0.39, 0.29) is 28.5 Å². The molecule has 148 valence electrons. The van der Waals surface area contributed by atoms with Crippen molar-refractivity contribution in [3.63, 3.8) is 0 Å². The van der Waals surface area contributed by atoms with Gasteiger partial charge in [-0.25, -0.2) is 13.6 Å². The van der Waals surface area contributed by atoms with Gasteiger partial charge in [0.1, 0.15) is 34.6 Å². The van der Waals surface area contributed by atoms with Crippen molar-refractivity contribution >= 4 is 17.6 Å². The summed E-state index contributed by atoms with van der Waals surface area (Å²) in [7, 11) is 0. The molecule has 2 heterocycles. The number of carbonyl (C=O) groups is 2. The van der Waals surface area contributed by atoms with E-state index in [1.165, 1.54) is 18.4 Å². The van der Waals surface area contributed by atoms with Crippen molar-refractivity contribution in [3.8, 4) is 12.0 Å². The number of aromatic nitrogens is 1. The zero-order valence-corrected chi connectivity index (χ0v) is 15.4. The van der Waals surface area contributed by atoms with Crippen LogP contribution in [0.5, 0.6) is 0 Å². The van der Waals surface area contributed by atoms with Gasteiger partial charge in [0, 0.05) is 18.5 Å². The second kappa shape index (κ2) is 7.98. The Kier molecular flexibility index (Phi) is 5.45. The lowest BCUT2D eigenvalue weighted by atomic mass is 10.1. The number of nitriles is 1. The number of ether oxygens (including phenoxy) is 1. The third-order valence-corrected chi connectivity index (χ3v) is 4.06. The summed E-state index contributed by atoms with van der Waals surface area (Å²) in [5, 5.41) is 11.7. The minimum atomic E-state index is -1.32. The lowest BCUT2D eigenvalue weighted by Crippen LogP contribution is -2.30. The van der Waals surface area contributed by atoms with E-state index < -0.39 is 29.6 Å². The number of rotatable bonds is 5. The van der Waals surface area contributed by atoms with Crippen LogP contribution in [0.15, 0.2) is 47.1 Å². The number of hydrogen-bond acceptors (Lipinski definition) is 5. The molecule has 1 amide bonds. The Balaban J connectivity index is 1.78. The molecule has 9 heteroatoms. The van der Waals surface area contributed by atoms with Gasteiger partial charge < -0.3 is 14.5 Å². The molecule has 2 aromatic heterocycles. The van der Waals surface area contributed by atoms with Gasteiger partial charge in [-0.05, 0) is 38.1 Å². The predicted molar refractivity (Wildman–Crippen MR) is 97.4 cm³/mol. The number of carbonyl (C=O) groups excluding carboxylic acids is 2. The Morgan fingerprint density at radius 3 is 2.59 bits per heavy atom. The van der Waals surface area contributed by atoms with Gasteiger partial charge in [-0.1, -0.05) is 0 Å². The van der Waals surface area contributed by atoms with E-state index in [4.69, 9.17) is 9.15 Å². The van der Waals surface area contributed by atoms with E-state index >= 15 is 0 Å². The molecule has 0 aliphatic heterocycles. The summed E-state index contributed by atoms with van der Waals surface area (Å²) in [4.78, 5) is 24.8. The summed E-state index contributed by atoms with van der Waals surface area (Å²) < 4.78 is 38.8. The van der Waals surface area contributed by atoms with Crippen LogP contribution in [0.1, 0.15) is 28.6 Å². The molecule has 0 aliphatic carbocycles. The zero-order chi connectivity index (χ0) is 21.1. The largest absolute Gasteiger partial charge is 0.449 e. The first-order valence-electron chi connectivity index (χ1n) is 8.45. The van der Waals surface area contributed by atoms with Crippen LogP contribution in [0, 0.1) is 29.9 Å². The second-order valence-electron chi connectivity index (χ2n) is 6.08. The molecule has 0 spiro atoms. The fourth-order valence-corrected chi connectivity index (χ4v) is 2.63. The van der Waals surface area contributed by atoms with Gasteiger partial charge in [-0.2, -0.15) is 5.26 Å². The number of nitrogens with one attached hydrogen (secondary N) is 1. The van der Waals surface area contributed by atoms with E-state index in [9.17, 15) is 23.6 Å². The van der Waals surface area contributed by atoms with Crippen LogP contribution >= 0.6 is 0 Å². The van der Waals surface area contributed by atoms with Crippen molar-refractivity contribution in [3.05, 3.63) is 71.2 Å². The van der Waals surface area contributed by atoms with Gasteiger partial charge in [0.05, 0.1) is 5.69 Å². The van der Waals surface area contributed by atoms with Crippen molar-refractivity contribution in [2.24, 2.45) is 0 Å². The van der Waals surface area contributed by atoms with Crippen LogP contribution in [-0.2, 0) is 9.53 Å². The molecule has 0 aliphatic rings. The van der Waals surface area contributed by atoms with Crippen molar-refractivity contribution in [2.45, 2.75) is 20.0 Å². The Hall–Kier alpha value is -3.93. The molecule has 1 atom stereocenters. The van der Waals surface area contributed by atoms with Crippen molar-refractivity contribution in [1.29, 1.82) is 5.26 Å². The van der Waals surface area contributed by atoms with Crippen molar-refractivity contribution in [2.75, 3.05) is 5.32 Å². The lowest BCUT2D eigenvalue weighted by Gasteiger charge is -2.14. The molecule has 3 aromatic rings. The molecule has 1 N–H and O–H groups in total. The first-order chi connectivity index (χ1) is 13.8. The summed E-state index contributed by atoms with van der Waals surface area (Å²) in [5.41, 5.74) is -0.406. The summed E-state index contributed by atoms with van der Waals surface area (Å²) >= 11 is 0. The van der Waals surface area contributed by atoms with Crippen LogP contribution in [0.3, 0.4) is 0 Å². The maximum absolute atomic E-state index is 13.7. The monoisotopic (exact) mass is 399 g/mol. The Labute approximate surface area is 164 Å². The highest BCUT2D eigenvalue weighted by Gasteiger charge is 2.28. The van der Waals surface area contributed by atoms with E-state index in [1.807, 2.05) is 6.07 Å². The fraction of sp³-hybridized carbons (Fsp3) is 0.150. The number of amides is 1. The number of hydrogen-bond donors (Lipinski definition) is 1. The molecule has 7 nitrogen and oxygen atoms in total. The first kappa shape index (κ1) is 19.8. The highest BCUT2D eigenvalue weighted by molar-refractivity contribution is 5.99. The number of halogens is 2. The molecule has 0 radical (unpaired) electrons. The van der Waals surface area contributed by atoms with E-state index in [0.29, 0.717) is 6.07 Å². The van der Waals surface area contributed by atoms with Crippen LogP contribution in [-0.4, -0.2) is 22.5 Å². The van der Waals surface area contributed by atoms with Crippen LogP contribution in [0.2, 0.25) is 0 Å². The van der Waals surface area contributed by atoms with Gasteiger partial charge in [0.15, 0.2) is 6.10 Å². The average molecular weight is 399 g/mol. The molecular weight excluding hydrogens is 384 g/mol. The van der Waals surface area contributed by atoms with Gasteiger partial charge in [-0.15, -0.1) is 0 Å². The van der Waals surface area contributed by atoms with Gasteiger partial charge in [0.2, 0.25) is 5.88 Å². The maximum atomic E-state index is 13.7. The van der Waals surface area contributed by atoms with Gasteiger partial charge >= 0.3 is 5.97 Å². The molecule has 0 unspecified atom stereocenters. The molecule has 1 aromatic carbocycles.